The summed E-state index contributed by atoms with van der Waals surface area (Å²) < 4.78 is 6.19. The molecule has 0 radical (unpaired) electrons. The van der Waals surface area contributed by atoms with Gasteiger partial charge in [-0.2, -0.15) is 0 Å². The minimum atomic E-state index is -0.833. The predicted octanol–water partition coefficient (Wildman–Crippen LogP) is 7.10. The van der Waals surface area contributed by atoms with E-state index in [0.29, 0.717) is 5.75 Å². The Kier molecular flexibility index (Phi) is 16.8. The number of aliphatic carboxylic acids is 1. The third-order valence-corrected chi connectivity index (χ3v) is 6.27. The monoisotopic (exact) mass is 708 g/mol. The summed E-state index contributed by atoms with van der Waals surface area (Å²) >= 11 is 4.30. The van der Waals surface area contributed by atoms with E-state index in [9.17, 15) is 9.90 Å². The fourth-order valence-corrected chi connectivity index (χ4v) is 4.42. The first-order valence-corrected chi connectivity index (χ1v) is 16.6. The van der Waals surface area contributed by atoms with E-state index in [4.69, 9.17) is 4.74 Å². The van der Waals surface area contributed by atoms with Gasteiger partial charge in [-0.15, -0.1) is 0 Å². The van der Waals surface area contributed by atoms with Crippen molar-refractivity contribution >= 4 is 51.2 Å². The Morgan fingerprint density at radius 3 is 2.17 bits per heavy atom. The first-order chi connectivity index (χ1) is 17.0. The summed E-state index contributed by atoms with van der Waals surface area (Å²) in [6.07, 6.45) is 4.27. The number of carboxylic acid groups (broad SMARTS) is 1. The number of unbranched alkanes of at least 4 members (excludes halogenated alkanes) is 1. The van der Waals surface area contributed by atoms with E-state index in [1.54, 1.807) is 0 Å². The highest BCUT2D eigenvalue weighted by molar-refractivity contribution is 14.1. The van der Waals surface area contributed by atoms with Crippen molar-refractivity contribution in [3.05, 3.63) is 59.2 Å². The van der Waals surface area contributed by atoms with Crippen molar-refractivity contribution in [2.75, 3.05) is 49.6 Å². The second kappa shape index (κ2) is 18.4. The van der Waals surface area contributed by atoms with Gasteiger partial charge in [0.25, 0.3) is 0 Å². The molecule has 1 N–H and O–H groups in total. The van der Waals surface area contributed by atoms with Gasteiger partial charge in [0.2, 0.25) is 0 Å². The van der Waals surface area contributed by atoms with E-state index < -0.39 is 11.9 Å². The highest BCUT2D eigenvalue weighted by Crippen LogP contribution is 2.45. The third kappa shape index (κ3) is 9.81. The van der Waals surface area contributed by atoms with Crippen molar-refractivity contribution in [1.29, 1.82) is 0 Å². The van der Waals surface area contributed by atoms with Crippen LogP contribution >= 0.6 is 45.2 Å². The highest BCUT2D eigenvalue weighted by atomic mass is 127. The number of alkyl halides is 2. The van der Waals surface area contributed by atoms with Gasteiger partial charge in [-0.05, 0) is 86.9 Å². The van der Waals surface area contributed by atoms with E-state index in [0.717, 1.165) is 74.4 Å². The number of carboxylic acids is 1. The van der Waals surface area contributed by atoms with Crippen LogP contribution in [0.4, 0.5) is 0 Å². The average Bonchev–Trinajstić information content (AvgIpc) is 2.90. The van der Waals surface area contributed by atoms with Crippen molar-refractivity contribution in [3.8, 4) is 11.5 Å². The average molecular weight is 708 g/mol. The van der Waals surface area contributed by atoms with Crippen LogP contribution in [0.1, 0.15) is 55.7 Å². The molecule has 1 aliphatic heterocycles. The molecule has 196 valence electrons. The van der Waals surface area contributed by atoms with E-state index in [1.807, 2.05) is 46.3 Å². The van der Waals surface area contributed by atoms with E-state index >= 15 is 0 Å². The van der Waals surface area contributed by atoms with Crippen LogP contribution in [0.5, 0.6) is 11.5 Å². The second-order valence-corrected chi connectivity index (χ2v) is 8.39. The molecule has 0 aliphatic carbocycles. The molecule has 0 bridgehead atoms. The molecular weight excluding hydrogens is 666 g/mol. The van der Waals surface area contributed by atoms with Crippen LogP contribution in [0.15, 0.2) is 42.5 Å². The standard InChI is InChI=1S/C26H36N2O3.2CH3I/c1-4-28(5-2)19-11-18-27(3)17-9-8-12-20-13-10-15-22-24(26(29)30)21-14-6-7-16-23(21)31-25(20)22;2*1-2/h6-7,10,13-16,24H,4-5,8-9,11-12,17-19H2,1-3H3,(H,29,30);2*1H3. The number of fused-ring (bicyclic) bond motifs is 2. The van der Waals surface area contributed by atoms with Gasteiger partial charge in [0.1, 0.15) is 17.4 Å². The molecule has 5 nitrogen and oxygen atoms in total. The van der Waals surface area contributed by atoms with Crippen molar-refractivity contribution in [3.63, 3.8) is 0 Å². The zero-order valence-electron chi connectivity index (χ0n) is 21.9. The lowest BCUT2D eigenvalue weighted by Crippen LogP contribution is -2.28. The Hall–Kier alpha value is -0.910. The first-order valence-electron chi connectivity index (χ1n) is 12.3. The van der Waals surface area contributed by atoms with Gasteiger partial charge >= 0.3 is 5.97 Å². The molecule has 0 amide bonds. The summed E-state index contributed by atoms with van der Waals surface area (Å²) in [5.41, 5.74) is 2.59. The van der Waals surface area contributed by atoms with Crippen LogP contribution in [-0.2, 0) is 11.2 Å². The molecule has 1 unspecified atom stereocenters. The quantitative estimate of drug-likeness (QED) is 0.145. The lowest BCUT2D eigenvalue weighted by molar-refractivity contribution is -0.137. The molecule has 35 heavy (non-hydrogen) atoms. The molecule has 0 saturated heterocycles. The Morgan fingerprint density at radius 2 is 1.51 bits per heavy atom. The lowest BCUT2D eigenvalue weighted by atomic mass is 9.86. The van der Waals surface area contributed by atoms with Crippen LogP contribution in [0.25, 0.3) is 0 Å². The summed E-state index contributed by atoms with van der Waals surface area (Å²) in [4.78, 5) is 20.9. The maximum absolute atomic E-state index is 12.0. The van der Waals surface area contributed by atoms with Crippen LogP contribution in [0.3, 0.4) is 0 Å². The first kappa shape index (κ1) is 32.1. The van der Waals surface area contributed by atoms with Crippen LogP contribution in [0, 0.1) is 0 Å². The predicted molar refractivity (Wildman–Crippen MR) is 165 cm³/mol. The number of rotatable bonds is 12. The number of nitrogens with zero attached hydrogens (tertiary/aromatic N) is 2. The largest absolute Gasteiger partial charge is 0.481 e. The molecule has 0 spiro atoms. The number of hydrogen-bond donors (Lipinski definition) is 1. The Bertz CT molecular complexity index is 875. The second-order valence-electron chi connectivity index (χ2n) is 8.39. The molecule has 0 aromatic heterocycles. The Morgan fingerprint density at radius 1 is 0.886 bits per heavy atom. The molecule has 0 fully saturated rings. The summed E-state index contributed by atoms with van der Waals surface area (Å²) in [6.45, 7) is 10.0. The maximum Gasteiger partial charge on any atom is 0.315 e. The molecule has 2 aromatic rings. The van der Waals surface area contributed by atoms with Crippen LogP contribution in [0.2, 0.25) is 0 Å². The number of para-hydroxylation sites is 2. The van der Waals surface area contributed by atoms with Crippen molar-refractivity contribution < 1.29 is 14.6 Å². The molecule has 1 aliphatic rings. The lowest BCUT2D eigenvalue weighted by Gasteiger charge is -2.27. The van der Waals surface area contributed by atoms with Gasteiger partial charge < -0.3 is 19.6 Å². The fraction of sp³-hybridized carbons (Fsp3) is 0.536. The Labute approximate surface area is 239 Å². The SMILES string of the molecule is CCN(CC)CCCN(C)CCCCc1cccc2c1Oc1ccccc1C2C(=O)O.CI.CI. The molecule has 0 saturated carbocycles. The van der Waals surface area contributed by atoms with E-state index in [-0.39, 0.29) is 0 Å². The van der Waals surface area contributed by atoms with Crippen LogP contribution in [-0.4, -0.2) is 70.5 Å². The van der Waals surface area contributed by atoms with Gasteiger partial charge in [-0.1, -0.05) is 95.4 Å². The molecule has 1 atom stereocenters. The molecular formula is C28H42I2N2O3. The maximum atomic E-state index is 12.0. The zero-order chi connectivity index (χ0) is 26.2. The van der Waals surface area contributed by atoms with E-state index in [1.165, 1.54) is 6.42 Å². The van der Waals surface area contributed by atoms with Crippen molar-refractivity contribution in [2.24, 2.45) is 0 Å². The van der Waals surface area contributed by atoms with E-state index in [2.05, 4.69) is 81.9 Å². The fourth-order valence-electron chi connectivity index (χ4n) is 4.42. The smallest absolute Gasteiger partial charge is 0.315 e. The van der Waals surface area contributed by atoms with Gasteiger partial charge in [0.15, 0.2) is 0 Å². The summed E-state index contributed by atoms with van der Waals surface area (Å²) in [5.74, 6) is -0.110. The summed E-state index contributed by atoms with van der Waals surface area (Å²) in [6, 6.07) is 13.4. The number of carbonyl (C=O) groups is 1. The number of ether oxygens (including phenoxy) is 1. The molecule has 1 heterocycles. The van der Waals surface area contributed by atoms with Gasteiger partial charge in [0.05, 0.1) is 0 Å². The van der Waals surface area contributed by atoms with Crippen LogP contribution < -0.4 is 4.74 Å². The van der Waals surface area contributed by atoms with Crippen molar-refractivity contribution in [1.82, 2.24) is 9.80 Å². The molecule has 2 aromatic carbocycles. The summed E-state index contributed by atoms with van der Waals surface area (Å²) in [7, 11) is 2.20. The number of aryl methyl sites for hydroxylation is 1. The number of halogens is 2. The normalized spacial score (nSPS) is 13.6. The highest BCUT2D eigenvalue weighted by Gasteiger charge is 2.33. The molecule has 3 rings (SSSR count). The number of hydrogen-bond acceptors (Lipinski definition) is 4. The zero-order valence-corrected chi connectivity index (χ0v) is 26.2. The minimum Gasteiger partial charge on any atom is -0.481 e. The minimum absolute atomic E-state index is 0.655. The van der Waals surface area contributed by atoms with Crippen molar-refractivity contribution in [2.45, 2.75) is 45.4 Å². The van der Waals surface area contributed by atoms with Gasteiger partial charge in [-0.3, -0.25) is 4.79 Å². The van der Waals surface area contributed by atoms with Gasteiger partial charge in [0, 0.05) is 11.1 Å². The third-order valence-electron chi connectivity index (χ3n) is 6.27. The number of benzene rings is 2. The molecule has 7 heteroatoms. The Balaban J connectivity index is 0.00000145. The summed E-state index contributed by atoms with van der Waals surface area (Å²) in [5, 5.41) is 9.87. The van der Waals surface area contributed by atoms with Gasteiger partial charge in [-0.25, -0.2) is 0 Å². The topological polar surface area (TPSA) is 53.0 Å².